The molecule has 29 heavy (non-hydrogen) atoms. The summed E-state index contributed by atoms with van der Waals surface area (Å²) < 4.78 is 5.37. The van der Waals surface area contributed by atoms with E-state index in [1.54, 1.807) is 29.2 Å². The van der Waals surface area contributed by atoms with E-state index in [9.17, 15) is 14.7 Å². The van der Waals surface area contributed by atoms with Crippen LogP contribution in [0.4, 0.5) is 0 Å². The van der Waals surface area contributed by atoms with Gasteiger partial charge in [-0.05, 0) is 37.5 Å². The van der Waals surface area contributed by atoms with Crippen molar-refractivity contribution < 1.29 is 19.4 Å². The summed E-state index contributed by atoms with van der Waals surface area (Å²) in [5, 5.41) is 11.2. The second kappa shape index (κ2) is 7.74. The minimum Gasteiger partial charge on any atom is -0.507 e. The van der Waals surface area contributed by atoms with Gasteiger partial charge in [-0.2, -0.15) is 0 Å². The van der Waals surface area contributed by atoms with Crippen molar-refractivity contribution in [2.24, 2.45) is 0 Å². The molecule has 0 bridgehead atoms. The first-order valence-electron chi connectivity index (χ1n) is 10.0. The maximum atomic E-state index is 13.1. The molecule has 0 aromatic heterocycles. The van der Waals surface area contributed by atoms with Crippen molar-refractivity contribution in [1.82, 2.24) is 4.90 Å². The Bertz CT molecular complexity index is 988. The lowest BCUT2D eigenvalue weighted by Crippen LogP contribution is -2.37. The molecule has 2 aromatic rings. The molecule has 2 fully saturated rings. The van der Waals surface area contributed by atoms with Gasteiger partial charge in [0.05, 0.1) is 24.3 Å². The Hall–Kier alpha value is -3.08. The zero-order chi connectivity index (χ0) is 20.5. The van der Waals surface area contributed by atoms with E-state index in [0.29, 0.717) is 11.3 Å². The molecule has 1 saturated heterocycles. The van der Waals surface area contributed by atoms with Gasteiger partial charge in [-0.25, -0.2) is 0 Å². The predicted octanol–water partition coefficient (Wildman–Crippen LogP) is 4.37. The molecule has 2 aromatic carbocycles. The van der Waals surface area contributed by atoms with E-state index in [-0.39, 0.29) is 17.4 Å². The Morgan fingerprint density at radius 1 is 1.07 bits per heavy atom. The maximum Gasteiger partial charge on any atom is 0.295 e. The van der Waals surface area contributed by atoms with Crippen molar-refractivity contribution in [3.8, 4) is 5.75 Å². The van der Waals surface area contributed by atoms with Crippen LogP contribution in [0.2, 0.25) is 0 Å². The van der Waals surface area contributed by atoms with Crippen LogP contribution in [0, 0.1) is 6.92 Å². The van der Waals surface area contributed by atoms with Crippen molar-refractivity contribution in [2.75, 3.05) is 7.11 Å². The highest BCUT2D eigenvalue weighted by molar-refractivity contribution is 6.46. The first-order valence-corrected chi connectivity index (χ1v) is 10.0. The number of aliphatic hydroxyl groups excluding tert-OH is 1. The van der Waals surface area contributed by atoms with E-state index in [1.807, 2.05) is 31.2 Å². The third-order valence-electron chi connectivity index (χ3n) is 5.92. The van der Waals surface area contributed by atoms with E-state index in [4.69, 9.17) is 4.74 Å². The quantitative estimate of drug-likeness (QED) is 0.477. The van der Waals surface area contributed by atoms with Crippen molar-refractivity contribution in [3.63, 3.8) is 0 Å². The van der Waals surface area contributed by atoms with Gasteiger partial charge < -0.3 is 14.7 Å². The fraction of sp³-hybridized carbons (Fsp3) is 0.333. The van der Waals surface area contributed by atoms with Gasteiger partial charge in [-0.3, -0.25) is 9.59 Å². The molecule has 1 atom stereocenters. The van der Waals surface area contributed by atoms with Crippen LogP contribution in [-0.2, 0) is 9.59 Å². The van der Waals surface area contributed by atoms with E-state index in [0.717, 1.165) is 36.8 Å². The number of methoxy groups -OCH3 is 1. The molecule has 1 unspecified atom stereocenters. The number of amides is 1. The zero-order valence-electron chi connectivity index (χ0n) is 16.7. The highest BCUT2D eigenvalue weighted by Gasteiger charge is 2.49. The largest absolute Gasteiger partial charge is 0.507 e. The van der Waals surface area contributed by atoms with Gasteiger partial charge in [-0.1, -0.05) is 54.8 Å². The standard InChI is InChI=1S/C24H25NO4/c1-15-8-7-9-16(14-15)21-20(22(26)18-12-5-6-13-19(18)29-2)23(27)24(28)25(21)17-10-3-4-11-17/h5-9,12-14,17,21,26H,3-4,10-11H2,1-2H3/b22-20-. The van der Waals surface area contributed by atoms with Gasteiger partial charge in [0.2, 0.25) is 0 Å². The molecule has 0 spiro atoms. The molecule has 5 heteroatoms. The average molecular weight is 391 g/mol. The molecular formula is C24H25NO4. The number of likely N-dealkylation sites (tertiary alicyclic amines) is 1. The van der Waals surface area contributed by atoms with Gasteiger partial charge in [0.25, 0.3) is 11.7 Å². The number of hydrogen-bond acceptors (Lipinski definition) is 4. The summed E-state index contributed by atoms with van der Waals surface area (Å²) in [6.45, 7) is 1.98. The number of carbonyl (C=O) groups excluding carboxylic acids is 2. The topological polar surface area (TPSA) is 66.8 Å². The molecule has 1 aliphatic carbocycles. The first-order chi connectivity index (χ1) is 14.0. The predicted molar refractivity (Wildman–Crippen MR) is 111 cm³/mol. The summed E-state index contributed by atoms with van der Waals surface area (Å²) in [6, 6.07) is 14.2. The van der Waals surface area contributed by atoms with Crippen LogP contribution in [0.3, 0.4) is 0 Å². The lowest BCUT2D eigenvalue weighted by Gasteiger charge is -2.31. The second-order valence-electron chi connectivity index (χ2n) is 7.76. The van der Waals surface area contributed by atoms with Crippen LogP contribution in [0.1, 0.15) is 48.4 Å². The third-order valence-corrected chi connectivity index (χ3v) is 5.92. The number of aliphatic hydroxyl groups is 1. The number of nitrogens with zero attached hydrogens (tertiary/aromatic N) is 1. The van der Waals surface area contributed by atoms with E-state index in [1.165, 1.54) is 7.11 Å². The van der Waals surface area contributed by atoms with Crippen molar-refractivity contribution >= 4 is 17.4 Å². The minimum absolute atomic E-state index is 0.0138. The summed E-state index contributed by atoms with van der Waals surface area (Å²) in [7, 11) is 1.52. The fourth-order valence-electron chi connectivity index (χ4n) is 4.56. The van der Waals surface area contributed by atoms with Crippen molar-refractivity contribution in [2.45, 2.75) is 44.7 Å². The number of hydrogen-bond donors (Lipinski definition) is 1. The number of para-hydroxylation sites is 1. The maximum absolute atomic E-state index is 13.1. The molecular weight excluding hydrogens is 366 g/mol. The Morgan fingerprint density at radius 2 is 1.79 bits per heavy atom. The summed E-state index contributed by atoms with van der Waals surface area (Å²) in [5.74, 6) is -0.889. The highest BCUT2D eigenvalue weighted by Crippen LogP contribution is 2.44. The zero-order valence-corrected chi connectivity index (χ0v) is 16.7. The summed E-state index contributed by atoms with van der Waals surface area (Å²) in [4.78, 5) is 27.9. The van der Waals surface area contributed by atoms with Crippen LogP contribution in [-0.4, -0.2) is 34.8 Å². The highest BCUT2D eigenvalue weighted by atomic mass is 16.5. The number of benzene rings is 2. The summed E-state index contributed by atoms with van der Waals surface area (Å²) >= 11 is 0. The summed E-state index contributed by atoms with van der Waals surface area (Å²) in [6.07, 6.45) is 3.84. The number of ether oxygens (including phenoxy) is 1. The van der Waals surface area contributed by atoms with Crippen LogP contribution in [0.15, 0.2) is 54.1 Å². The Labute approximate surface area is 170 Å². The summed E-state index contributed by atoms with van der Waals surface area (Å²) in [5.41, 5.74) is 2.43. The fourth-order valence-corrected chi connectivity index (χ4v) is 4.56. The molecule has 1 N–H and O–H groups in total. The van der Waals surface area contributed by atoms with Crippen LogP contribution in [0.5, 0.6) is 5.75 Å². The third kappa shape index (κ3) is 3.31. The Morgan fingerprint density at radius 3 is 2.48 bits per heavy atom. The number of ketones is 1. The van der Waals surface area contributed by atoms with Gasteiger partial charge in [-0.15, -0.1) is 0 Å². The van der Waals surface area contributed by atoms with E-state index < -0.39 is 17.7 Å². The number of aryl methyl sites for hydroxylation is 1. The second-order valence-corrected chi connectivity index (χ2v) is 7.76. The van der Waals surface area contributed by atoms with Gasteiger partial charge in [0.1, 0.15) is 11.5 Å². The Balaban J connectivity index is 1.92. The smallest absolute Gasteiger partial charge is 0.295 e. The number of carbonyl (C=O) groups is 2. The van der Waals surface area contributed by atoms with Crippen LogP contribution < -0.4 is 4.74 Å². The minimum atomic E-state index is -0.633. The monoisotopic (exact) mass is 391 g/mol. The molecule has 1 heterocycles. The lowest BCUT2D eigenvalue weighted by atomic mass is 9.93. The van der Waals surface area contributed by atoms with Gasteiger partial charge >= 0.3 is 0 Å². The molecule has 1 aliphatic heterocycles. The van der Waals surface area contributed by atoms with Crippen LogP contribution in [0.25, 0.3) is 5.76 Å². The number of rotatable bonds is 4. The molecule has 2 aliphatic rings. The lowest BCUT2D eigenvalue weighted by molar-refractivity contribution is -0.141. The molecule has 5 nitrogen and oxygen atoms in total. The van der Waals surface area contributed by atoms with Crippen molar-refractivity contribution in [1.29, 1.82) is 0 Å². The van der Waals surface area contributed by atoms with E-state index >= 15 is 0 Å². The average Bonchev–Trinajstić information content (AvgIpc) is 3.34. The molecule has 150 valence electrons. The SMILES string of the molecule is COc1ccccc1/C(O)=C1/C(=O)C(=O)N(C2CCCC2)C1c1cccc(C)c1. The molecule has 1 amide bonds. The Kier molecular flexibility index (Phi) is 5.14. The first kappa shape index (κ1) is 19.2. The molecule has 1 saturated carbocycles. The van der Waals surface area contributed by atoms with Gasteiger partial charge in [0, 0.05) is 6.04 Å². The number of Topliss-reactive ketones (excluding diaryl/α,β-unsaturated/α-hetero) is 1. The normalized spacial score (nSPS) is 21.7. The van der Waals surface area contributed by atoms with Gasteiger partial charge in [0.15, 0.2) is 0 Å². The van der Waals surface area contributed by atoms with Crippen LogP contribution >= 0.6 is 0 Å². The van der Waals surface area contributed by atoms with Crippen molar-refractivity contribution in [3.05, 3.63) is 70.8 Å². The molecule has 0 radical (unpaired) electrons. The molecule has 4 rings (SSSR count). The van der Waals surface area contributed by atoms with E-state index in [2.05, 4.69) is 0 Å².